The summed E-state index contributed by atoms with van der Waals surface area (Å²) in [5.74, 6) is -0.239. The second kappa shape index (κ2) is 11.7. The van der Waals surface area contributed by atoms with Crippen LogP contribution >= 0.6 is 14.5 Å². The van der Waals surface area contributed by atoms with Crippen molar-refractivity contribution < 1.29 is 52.1 Å². The van der Waals surface area contributed by atoms with E-state index in [2.05, 4.69) is 30.2 Å². The van der Waals surface area contributed by atoms with Gasteiger partial charge in [-0.05, 0) is 11.8 Å². The lowest BCUT2D eigenvalue weighted by molar-refractivity contribution is -0.0607. The highest BCUT2D eigenvalue weighted by atomic mass is 32.5. The number of H-pyrrole nitrogens is 1. The maximum absolute atomic E-state index is 13.2. The third kappa shape index (κ3) is 5.69. The van der Waals surface area contributed by atoms with Gasteiger partial charge < -0.3 is 50.8 Å². The molecule has 0 radical (unpaired) electrons. The zero-order valence-corrected chi connectivity index (χ0v) is 25.8. The number of nitrogen functional groups attached to an aromatic ring is 1. The highest BCUT2D eigenvalue weighted by Crippen LogP contribution is 2.54. The number of aromatic amines is 1. The van der Waals surface area contributed by atoms with E-state index < -0.39 is 88.4 Å². The van der Waals surface area contributed by atoms with Crippen LogP contribution < -0.4 is 22.3 Å². The molecule has 5 unspecified atom stereocenters. The summed E-state index contributed by atoms with van der Waals surface area (Å²) in [7, 11) is -5.01. The lowest BCUT2D eigenvalue weighted by atomic mass is 9.98. The van der Waals surface area contributed by atoms with E-state index in [1.165, 1.54) is 23.3 Å². The van der Waals surface area contributed by atoms with E-state index in [0.29, 0.717) is 16.8 Å². The van der Waals surface area contributed by atoms with Gasteiger partial charge in [-0.2, -0.15) is 4.98 Å². The van der Waals surface area contributed by atoms with E-state index in [1.807, 2.05) is 0 Å². The fourth-order valence-electron chi connectivity index (χ4n) is 5.65. The number of nitrogens with one attached hydrogen (secondary N) is 2. The molecule has 3 aromatic heterocycles. The van der Waals surface area contributed by atoms with Crippen molar-refractivity contribution >= 4 is 55.5 Å². The van der Waals surface area contributed by atoms with Gasteiger partial charge in [0.2, 0.25) is 5.95 Å². The SMILES string of the molecule is Nc1nc2c(ncn2[C@@H]2O[C@@H]3COP(=O)(O)OC4[C@@H](COP(O)(=S)O[C@H]2C3O)O[C@@H](c2cncc3c2NC=NC3N)[C@H]4O)c(=O)[nH]1. The molecule has 2 bridgehead atoms. The second-order valence-electron chi connectivity index (χ2n) is 10.6. The summed E-state index contributed by atoms with van der Waals surface area (Å²) in [6.45, 7) is -5.62. The van der Waals surface area contributed by atoms with Crippen LogP contribution in [0.15, 0.2) is 28.5 Å². The molecule has 0 spiro atoms. The number of aliphatic hydroxyl groups is 2. The molecule has 0 aromatic carbocycles. The van der Waals surface area contributed by atoms with Crippen LogP contribution in [-0.2, 0) is 43.9 Å². The Morgan fingerprint density at radius 3 is 2.61 bits per heavy atom. The Kier molecular flexibility index (Phi) is 8.10. The first-order valence-electron chi connectivity index (χ1n) is 13.5. The van der Waals surface area contributed by atoms with Gasteiger partial charge in [-0.15, -0.1) is 0 Å². The Labute approximate surface area is 262 Å². The van der Waals surface area contributed by atoms with Crippen LogP contribution in [0.4, 0.5) is 11.6 Å². The summed E-state index contributed by atoms with van der Waals surface area (Å²) in [4.78, 5) is 52.7. The number of rotatable bonds is 2. The average Bonchev–Trinajstić information content (AvgIpc) is 3.64. The molecule has 0 saturated carbocycles. The van der Waals surface area contributed by atoms with Crippen molar-refractivity contribution in [1.29, 1.82) is 0 Å². The van der Waals surface area contributed by atoms with E-state index in [9.17, 15) is 29.4 Å². The van der Waals surface area contributed by atoms with Gasteiger partial charge in [0.05, 0.1) is 31.6 Å². The number of hydrogen-bond donors (Lipinski definition) is 8. The van der Waals surface area contributed by atoms with Gasteiger partial charge in [0, 0.05) is 23.5 Å². The molecule has 7 heterocycles. The van der Waals surface area contributed by atoms with Crippen LogP contribution in [0.2, 0.25) is 0 Å². The summed E-state index contributed by atoms with van der Waals surface area (Å²) in [5, 5.41) is 25.4. The van der Waals surface area contributed by atoms with Gasteiger partial charge in [-0.1, -0.05) is 0 Å². The van der Waals surface area contributed by atoms with Crippen molar-refractivity contribution in [3.05, 3.63) is 40.2 Å². The number of fused-ring (bicyclic) bond motifs is 5. The Morgan fingerprint density at radius 1 is 1.04 bits per heavy atom. The van der Waals surface area contributed by atoms with E-state index in [1.54, 1.807) is 0 Å². The van der Waals surface area contributed by atoms with Crippen molar-refractivity contribution in [2.75, 3.05) is 24.3 Å². The maximum atomic E-state index is 13.2. The predicted octanol–water partition coefficient (Wildman–Crippen LogP) is -1.60. The second-order valence-corrected chi connectivity index (χ2v) is 14.8. The summed E-state index contributed by atoms with van der Waals surface area (Å²) in [6.07, 6.45) is -6.83. The average molecular weight is 704 g/mol. The van der Waals surface area contributed by atoms with E-state index in [4.69, 9.17) is 50.8 Å². The normalized spacial score (nSPS) is 39.5. The van der Waals surface area contributed by atoms with Crippen molar-refractivity contribution in [1.82, 2.24) is 24.5 Å². The third-order valence-electron chi connectivity index (χ3n) is 7.76. The zero-order chi connectivity index (χ0) is 32.5. The number of aliphatic hydroxyl groups excluding tert-OH is 2. The molecule has 11 atom stereocenters. The molecule has 0 aliphatic carbocycles. The van der Waals surface area contributed by atoms with Gasteiger partial charge in [-0.3, -0.25) is 37.9 Å². The minimum absolute atomic E-state index is 0.0559. The summed E-state index contributed by atoms with van der Waals surface area (Å²) in [6, 6.07) is 0. The van der Waals surface area contributed by atoms with Crippen molar-refractivity contribution in [3.63, 3.8) is 0 Å². The zero-order valence-electron chi connectivity index (χ0n) is 23.2. The molecule has 7 rings (SSSR count). The van der Waals surface area contributed by atoms with E-state index >= 15 is 0 Å². The molecule has 21 nitrogen and oxygen atoms in total. The topological polar surface area (TPSA) is 306 Å². The van der Waals surface area contributed by atoms with Crippen LogP contribution in [0.3, 0.4) is 0 Å². The van der Waals surface area contributed by atoms with E-state index in [0.717, 1.165) is 6.33 Å². The Hall–Kier alpha value is -2.79. The molecule has 4 aliphatic heterocycles. The van der Waals surface area contributed by atoms with Gasteiger partial charge in [0.1, 0.15) is 48.9 Å². The summed E-state index contributed by atoms with van der Waals surface area (Å²) < 4.78 is 48.1. The minimum atomic E-state index is -5.01. The number of ether oxygens (including phenoxy) is 2. The Balaban J connectivity index is 1.20. The predicted molar refractivity (Wildman–Crippen MR) is 157 cm³/mol. The Bertz CT molecular complexity index is 1860. The first-order valence-corrected chi connectivity index (χ1v) is 17.6. The summed E-state index contributed by atoms with van der Waals surface area (Å²) in [5.41, 5.74) is 12.2. The van der Waals surface area contributed by atoms with Gasteiger partial charge in [0.15, 0.2) is 17.4 Å². The van der Waals surface area contributed by atoms with Crippen LogP contribution in [-0.4, -0.2) is 101 Å². The van der Waals surface area contributed by atoms with Gasteiger partial charge >= 0.3 is 14.5 Å². The molecule has 248 valence electrons. The molecule has 46 heavy (non-hydrogen) atoms. The van der Waals surface area contributed by atoms with Crippen LogP contribution in [0.25, 0.3) is 11.2 Å². The highest BCUT2D eigenvalue weighted by Gasteiger charge is 2.53. The molecular formula is C22H27N9O12P2S. The molecule has 3 aromatic rings. The number of nitrogens with two attached hydrogens (primary N) is 2. The molecular weight excluding hydrogens is 676 g/mol. The smallest absolute Gasteiger partial charge is 0.387 e. The molecule has 24 heteroatoms. The number of phosphoric ester groups is 1. The highest BCUT2D eigenvalue weighted by molar-refractivity contribution is 8.07. The maximum Gasteiger partial charge on any atom is 0.472 e. The Morgan fingerprint density at radius 2 is 1.80 bits per heavy atom. The molecule has 3 fully saturated rings. The first-order chi connectivity index (χ1) is 21.8. The molecule has 0 amide bonds. The van der Waals surface area contributed by atoms with Gasteiger partial charge in [-0.25, -0.2) is 9.55 Å². The van der Waals surface area contributed by atoms with Crippen molar-refractivity contribution in [3.8, 4) is 0 Å². The van der Waals surface area contributed by atoms with Crippen LogP contribution in [0, 0.1) is 0 Å². The van der Waals surface area contributed by atoms with Crippen molar-refractivity contribution in [2.45, 2.75) is 55.1 Å². The molecule has 4 aliphatic rings. The fourth-order valence-corrected chi connectivity index (χ4v) is 8.03. The molecule has 10 N–H and O–H groups in total. The standard InChI is InChI=1S/C22H27N9O12P2S/c23-18-8-2-25-1-7(11(8)26-5-27-18)15-14(33)16-10(40-15)4-39-45(37,46)43-17-13(32)9(3-38-44(35,36)42-16)41-21(17)31-6-28-12-19(31)29-22(24)30-20(12)34/h1-2,5-6,9-10,13-18,21,32-33H,3-4,23H2,(H,26,27)(H,35,36)(H,37,46)(H3,24,29,30,34)/t9-,10-,13?,14-,15+,16?,17+,18?,21-,45?/m1/s1. The number of anilines is 2. The number of phosphoric acid groups is 1. The van der Waals surface area contributed by atoms with Crippen molar-refractivity contribution in [2.24, 2.45) is 10.7 Å². The van der Waals surface area contributed by atoms with E-state index in [-0.39, 0.29) is 17.1 Å². The lowest BCUT2D eigenvalue weighted by Gasteiger charge is -2.27. The summed E-state index contributed by atoms with van der Waals surface area (Å²) >= 11 is 5.24. The van der Waals surface area contributed by atoms with Gasteiger partial charge in [0.25, 0.3) is 5.56 Å². The number of aliphatic imine (C=N–C) groups is 1. The van der Waals surface area contributed by atoms with Crippen LogP contribution in [0.5, 0.6) is 0 Å². The largest absolute Gasteiger partial charge is 0.472 e. The number of pyridine rings is 1. The molecule has 3 saturated heterocycles. The third-order valence-corrected chi connectivity index (χ3v) is 10.3. The first kappa shape index (κ1) is 31.8. The lowest BCUT2D eigenvalue weighted by Crippen LogP contribution is -2.36. The number of imidazole rings is 1. The fraction of sp³-hybridized carbons (Fsp3) is 0.500. The minimum Gasteiger partial charge on any atom is -0.387 e. The van der Waals surface area contributed by atoms with Crippen LogP contribution in [0.1, 0.15) is 29.6 Å². The quantitative estimate of drug-likeness (QED) is 0.139. The number of nitrogens with zero attached hydrogens (tertiary/aromatic N) is 5. The number of aromatic nitrogens is 5. The monoisotopic (exact) mass is 703 g/mol. The number of hydrogen-bond acceptors (Lipinski definition) is 18.